The summed E-state index contributed by atoms with van der Waals surface area (Å²) >= 11 is 0. The summed E-state index contributed by atoms with van der Waals surface area (Å²) in [4.78, 5) is 38.6. The number of fused-ring (bicyclic) bond motifs is 1. The fourth-order valence-corrected chi connectivity index (χ4v) is 8.05. The summed E-state index contributed by atoms with van der Waals surface area (Å²) in [6.45, 7) is 5.83. The third-order valence-corrected chi connectivity index (χ3v) is 10.5. The molecule has 3 spiro atoms. The molecular weight excluding hydrogens is 524 g/mol. The van der Waals surface area contributed by atoms with Gasteiger partial charge in [-0.3, -0.25) is 4.79 Å². The summed E-state index contributed by atoms with van der Waals surface area (Å²) in [6, 6.07) is 0. The lowest BCUT2D eigenvalue weighted by molar-refractivity contribution is -0.240. The van der Waals surface area contributed by atoms with E-state index in [9.17, 15) is 19.5 Å². The summed E-state index contributed by atoms with van der Waals surface area (Å²) in [6.07, 6.45) is 3.84. The first-order chi connectivity index (χ1) is 19.1. The summed E-state index contributed by atoms with van der Waals surface area (Å²) < 4.78 is 42.1. The molecule has 1 saturated carbocycles. The molecule has 4 bridgehead atoms. The number of ether oxygens (including phenoxy) is 7. The zero-order valence-electron chi connectivity index (χ0n) is 22.8. The number of rotatable bonds is 1. The maximum absolute atomic E-state index is 13.5. The first-order valence-electron chi connectivity index (χ1n) is 13.9. The summed E-state index contributed by atoms with van der Waals surface area (Å²) in [7, 11) is 0. The van der Waals surface area contributed by atoms with Crippen LogP contribution >= 0.6 is 0 Å². The number of carbonyl (C=O) groups excluding carboxylic acids is 3. The molecular formula is C29H34O11. The van der Waals surface area contributed by atoms with Gasteiger partial charge in [0.1, 0.15) is 41.9 Å². The van der Waals surface area contributed by atoms with E-state index in [1.807, 2.05) is 19.9 Å². The van der Waals surface area contributed by atoms with Crippen LogP contribution < -0.4 is 0 Å². The van der Waals surface area contributed by atoms with E-state index in [4.69, 9.17) is 33.2 Å². The molecule has 4 saturated heterocycles. The Labute approximate surface area is 231 Å². The lowest BCUT2D eigenvalue weighted by Crippen LogP contribution is -2.68. The second kappa shape index (κ2) is 8.64. The Kier molecular flexibility index (Phi) is 5.66. The average molecular weight is 559 g/mol. The Morgan fingerprint density at radius 2 is 1.98 bits per heavy atom. The van der Waals surface area contributed by atoms with Gasteiger partial charge in [0.15, 0.2) is 6.10 Å². The van der Waals surface area contributed by atoms with E-state index in [0.717, 1.165) is 5.57 Å². The minimum atomic E-state index is -1.15. The first kappa shape index (κ1) is 26.2. The first-order valence-corrected chi connectivity index (χ1v) is 13.9. The monoisotopic (exact) mass is 558 g/mol. The minimum absolute atomic E-state index is 0.110. The van der Waals surface area contributed by atoms with E-state index < -0.39 is 70.5 Å². The highest BCUT2D eigenvalue weighted by molar-refractivity contribution is 5.82. The number of cyclic esters (lactones) is 1. The van der Waals surface area contributed by atoms with Gasteiger partial charge in [-0.1, -0.05) is 19.1 Å². The van der Waals surface area contributed by atoms with E-state index in [2.05, 4.69) is 0 Å². The van der Waals surface area contributed by atoms with Gasteiger partial charge in [0.05, 0.1) is 36.3 Å². The van der Waals surface area contributed by atoms with E-state index in [1.54, 1.807) is 12.2 Å². The molecule has 1 N–H and O–H groups in total. The van der Waals surface area contributed by atoms with Crippen molar-refractivity contribution in [2.24, 2.45) is 10.8 Å². The van der Waals surface area contributed by atoms with Crippen molar-refractivity contribution in [3.63, 3.8) is 0 Å². The number of aliphatic hydroxyl groups is 1. The second-order valence-electron chi connectivity index (χ2n) is 12.3. The van der Waals surface area contributed by atoms with Gasteiger partial charge in [-0.25, -0.2) is 9.59 Å². The molecule has 2 aliphatic carbocycles. The van der Waals surface area contributed by atoms with Crippen LogP contribution in [0.2, 0.25) is 0 Å². The maximum atomic E-state index is 13.5. The highest BCUT2D eigenvalue weighted by Gasteiger charge is 2.83. The van der Waals surface area contributed by atoms with Gasteiger partial charge in [-0.05, 0) is 25.0 Å². The molecule has 0 aromatic carbocycles. The van der Waals surface area contributed by atoms with E-state index in [1.165, 1.54) is 13.0 Å². The Morgan fingerprint density at radius 1 is 1.18 bits per heavy atom. The molecule has 5 fully saturated rings. The van der Waals surface area contributed by atoms with E-state index in [0.29, 0.717) is 31.6 Å². The molecule has 11 heteroatoms. The number of hydrogen-bond donors (Lipinski definition) is 1. The zero-order chi connectivity index (χ0) is 28.1. The summed E-state index contributed by atoms with van der Waals surface area (Å²) in [5.41, 5.74) is -2.81. The molecule has 7 aliphatic rings. The van der Waals surface area contributed by atoms with Crippen LogP contribution in [0.4, 0.5) is 0 Å². The maximum Gasteiger partial charge on any atom is 0.338 e. The summed E-state index contributed by atoms with van der Waals surface area (Å²) in [5, 5.41) is 11.0. The molecule has 0 unspecified atom stereocenters. The normalized spacial score (nSPS) is 48.9. The Morgan fingerprint density at radius 3 is 2.73 bits per heavy atom. The number of allylic oxidation sites excluding steroid dienone is 2. The van der Waals surface area contributed by atoms with Crippen molar-refractivity contribution in [3.8, 4) is 0 Å². The number of aliphatic hydroxyl groups excluding tert-OH is 1. The van der Waals surface area contributed by atoms with Crippen molar-refractivity contribution >= 4 is 17.9 Å². The van der Waals surface area contributed by atoms with Crippen LogP contribution in [0.15, 0.2) is 35.6 Å². The van der Waals surface area contributed by atoms with Gasteiger partial charge in [-0.2, -0.15) is 0 Å². The highest BCUT2D eigenvalue weighted by atomic mass is 16.7. The lowest BCUT2D eigenvalue weighted by atomic mass is 9.51. The van der Waals surface area contributed by atoms with Gasteiger partial charge in [0.2, 0.25) is 0 Å². The summed E-state index contributed by atoms with van der Waals surface area (Å²) in [5.74, 6) is -1.25. The number of hydrogen-bond acceptors (Lipinski definition) is 11. The minimum Gasteiger partial charge on any atom is -0.495 e. The van der Waals surface area contributed by atoms with Crippen LogP contribution in [0.5, 0.6) is 0 Å². The van der Waals surface area contributed by atoms with Gasteiger partial charge >= 0.3 is 17.9 Å². The number of epoxide rings is 2. The van der Waals surface area contributed by atoms with Crippen molar-refractivity contribution in [2.45, 2.75) is 94.3 Å². The predicted molar refractivity (Wildman–Crippen MR) is 133 cm³/mol. The third-order valence-electron chi connectivity index (χ3n) is 10.5. The fourth-order valence-electron chi connectivity index (χ4n) is 8.05. The van der Waals surface area contributed by atoms with Crippen LogP contribution in [-0.4, -0.2) is 90.7 Å². The smallest absolute Gasteiger partial charge is 0.338 e. The Hall–Kier alpha value is -2.73. The van der Waals surface area contributed by atoms with Gasteiger partial charge < -0.3 is 38.3 Å². The molecule has 0 aromatic heterocycles. The number of carbonyl (C=O) groups is 3. The molecule has 216 valence electrons. The SMILES string of the molecule is CC(=O)O[C@H]1C[C@@]23COC(=O)[C@H]4O[C@@]45CCOC(=CCC=CC(=O)O[C@@H]4C[C@@H](O[C@@H]2C=C1C)[C@@]1(CO1)[C@]43C)[C@@H]5O. The van der Waals surface area contributed by atoms with Gasteiger partial charge in [-0.15, -0.1) is 0 Å². The molecule has 0 radical (unpaired) electrons. The van der Waals surface area contributed by atoms with Gasteiger partial charge in [0, 0.05) is 32.3 Å². The third kappa shape index (κ3) is 3.41. The highest BCUT2D eigenvalue weighted by Crippen LogP contribution is 2.72. The van der Waals surface area contributed by atoms with Crippen molar-refractivity contribution in [1.82, 2.24) is 0 Å². The largest absolute Gasteiger partial charge is 0.495 e. The van der Waals surface area contributed by atoms with Crippen molar-refractivity contribution < 1.29 is 52.6 Å². The molecule has 7 rings (SSSR count). The predicted octanol–water partition coefficient (Wildman–Crippen LogP) is 1.42. The fraction of sp³-hybridized carbons (Fsp3) is 0.690. The van der Waals surface area contributed by atoms with Gasteiger partial charge in [0.25, 0.3) is 0 Å². The lowest BCUT2D eigenvalue weighted by Gasteiger charge is -2.59. The molecule has 0 amide bonds. The van der Waals surface area contributed by atoms with Crippen LogP contribution in [-0.2, 0) is 47.5 Å². The molecule has 10 atom stereocenters. The Bertz CT molecular complexity index is 1250. The second-order valence-corrected chi connectivity index (χ2v) is 12.3. The van der Waals surface area contributed by atoms with Crippen LogP contribution in [0, 0.1) is 10.8 Å². The van der Waals surface area contributed by atoms with E-state index in [-0.39, 0.29) is 25.7 Å². The zero-order valence-corrected chi connectivity index (χ0v) is 22.8. The standard InChI is InChI=1S/C29H34O11/c1-15-10-20-27(12-18(15)37-16(2)30)13-35-25(33)24-28(40-24)8-9-34-17(23(28)32)6-4-5-7-22(31)39-19-11-21(38-20)29(14-36-29)26(19,27)3/h5-7,10,18-21,23-24,32H,4,8-9,11-14H2,1-3H3/t18-,19+,20+,21+,23-,24+,26+,27+,28+,29-/m0/s1. The quantitative estimate of drug-likeness (QED) is 0.216. The Balaban J connectivity index is 1.31. The van der Waals surface area contributed by atoms with Crippen molar-refractivity contribution in [1.29, 1.82) is 0 Å². The van der Waals surface area contributed by atoms with Crippen LogP contribution in [0.3, 0.4) is 0 Å². The van der Waals surface area contributed by atoms with E-state index >= 15 is 0 Å². The van der Waals surface area contributed by atoms with Crippen molar-refractivity contribution in [3.05, 3.63) is 35.6 Å². The average Bonchev–Trinajstić information content (AvgIpc) is 3.81. The molecule has 5 heterocycles. The molecule has 5 aliphatic heterocycles. The van der Waals surface area contributed by atoms with Crippen LogP contribution in [0.25, 0.3) is 0 Å². The van der Waals surface area contributed by atoms with Crippen molar-refractivity contribution in [2.75, 3.05) is 19.8 Å². The topological polar surface area (TPSA) is 143 Å². The number of esters is 3. The molecule has 11 nitrogen and oxygen atoms in total. The molecule has 0 aromatic rings. The molecule has 40 heavy (non-hydrogen) atoms. The van der Waals surface area contributed by atoms with Crippen LogP contribution in [0.1, 0.15) is 46.5 Å².